The van der Waals surface area contributed by atoms with E-state index in [2.05, 4.69) is 83.2 Å². The zero-order chi connectivity index (χ0) is 36.6. The topological polar surface area (TPSA) is 125 Å². The third kappa shape index (κ3) is 9.49. The van der Waals surface area contributed by atoms with Crippen LogP contribution in [0.25, 0.3) is 22.2 Å². The lowest BCUT2D eigenvalue weighted by Gasteiger charge is -2.36. The Kier molecular flexibility index (Phi) is 12.8. The van der Waals surface area contributed by atoms with Gasteiger partial charge in [0.1, 0.15) is 0 Å². The second-order valence-corrected chi connectivity index (χ2v) is 14.6. The molecule has 2 aliphatic heterocycles. The van der Waals surface area contributed by atoms with E-state index < -0.39 is 0 Å². The summed E-state index contributed by atoms with van der Waals surface area (Å²) in [6, 6.07) is 15.6. The number of amides is 2. The standard InChI is InChI=1S/C40H53ClN8O3/c1-5-36-33(39(46-31-14-16-52-17-15-31)34-22-44-49(6-2)40(34)47-36)21-43-38(51)13-12-37(50)42-20-28-10-11-35(41)32(19-28)30-9-7-8-29(18-30)25-48-23-26(3)45-27(4)24-48/h7-11,18-19,22,26-27,31,45H,5-6,12-17,20-21,23-25H2,1-4H3,(H,42,50)(H,43,51)(H,46,47)/t26-,27+. The lowest BCUT2D eigenvalue weighted by Crippen LogP contribution is -2.53. The predicted octanol–water partition coefficient (Wildman–Crippen LogP) is 5.82. The first-order chi connectivity index (χ1) is 25.2. The van der Waals surface area contributed by atoms with Gasteiger partial charge in [0, 0.05) is 105 Å². The second-order valence-electron chi connectivity index (χ2n) is 14.2. The first-order valence-electron chi connectivity index (χ1n) is 18.8. The number of hydrogen-bond acceptors (Lipinski definition) is 8. The maximum atomic E-state index is 13.0. The van der Waals surface area contributed by atoms with Crippen molar-refractivity contribution >= 4 is 40.1 Å². The number of pyridine rings is 1. The largest absolute Gasteiger partial charge is 0.381 e. The minimum absolute atomic E-state index is 0.0861. The van der Waals surface area contributed by atoms with Crippen molar-refractivity contribution in [3.63, 3.8) is 0 Å². The fraction of sp³-hybridized carbons (Fsp3) is 0.500. The summed E-state index contributed by atoms with van der Waals surface area (Å²) in [5.74, 6) is -0.365. The highest BCUT2D eigenvalue weighted by molar-refractivity contribution is 6.33. The van der Waals surface area contributed by atoms with Gasteiger partial charge in [0.05, 0.1) is 17.3 Å². The number of aromatic nitrogens is 3. The molecule has 2 amide bonds. The van der Waals surface area contributed by atoms with E-state index >= 15 is 0 Å². The molecule has 2 atom stereocenters. The molecule has 4 heterocycles. The molecule has 0 saturated carbocycles. The minimum atomic E-state index is -0.183. The van der Waals surface area contributed by atoms with Crippen LogP contribution < -0.4 is 21.3 Å². The maximum absolute atomic E-state index is 13.0. The number of nitrogens with zero attached hydrogens (tertiary/aromatic N) is 4. The summed E-state index contributed by atoms with van der Waals surface area (Å²) >= 11 is 6.68. The van der Waals surface area contributed by atoms with Gasteiger partial charge in [0.2, 0.25) is 11.8 Å². The molecule has 11 nitrogen and oxygen atoms in total. The monoisotopic (exact) mass is 728 g/mol. The molecule has 0 bridgehead atoms. The number of fused-ring (bicyclic) bond motifs is 1. The highest BCUT2D eigenvalue weighted by atomic mass is 35.5. The lowest BCUT2D eigenvalue weighted by molar-refractivity contribution is -0.126. The van der Waals surface area contributed by atoms with Gasteiger partial charge in [0.15, 0.2) is 5.65 Å². The Hall–Kier alpha value is -4.03. The van der Waals surface area contributed by atoms with Crippen molar-refractivity contribution in [1.29, 1.82) is 0 Å². The van der Waals surface area contributed by atoms with E-state index in [0.717, 1.165) is 96.9 Å². The number of halogens is 1. The molecule has 0 aliphatic carbocycles. The lowest BCUT2D eigenvalue weighted by atomic mass is 10.00. The summed E-state index contributed by atoms with van der Waals surface area (Å²) in [6.07, 6.45) is 4.57. The van der Waals surface area contributed by atoms with Crippen LogP contribution in [0.2, 0.25) is 5.02 Å². The van der Waals surface area contributed by atoms with Gasteiger partial charge in [-0.05, 0) is 74.9 Å². The Balaban J connectivity index is 1.04. The number of benzene rings is 2. The summed E-state index contributed by atoms with van der Waals surface area (Å²) in [5.41, 5.74) is 7.88. The Morgan fingerprint density at radius 3 is 2.40 bits per heavy atom. The smallest absolute Gasteiger partial charge is 0.220 e. The molecule has 12 heteroatoms. The van der Waals surface area contributed by atoms with Gasteiger partial charge in [-0.2, -0.15) is 5.10 Å². The fourth-order valence-electron chi connectivity index (χ4n) is 7.46. The summed E-state index contributed by atoms with van der Waals surface area (Å²) < 4.78 is 7.49. The maximum Gasteiger partial charge on any atom is 0.220 e. The van der Waals surface area contributed by atoms with E-state index in [1.165, 1.54) is 5.56 Å². The molecule has 0 spiro atoms. The molecule has 278 valence electrons. The molecule has 2 saturated heterocycles. The highest BCUT2D eigenvalue weighted by Gasteiger charge is 2.23. The summed E-state index contributed by atoms with van der Waals surface area (Å²) in [4.78, 5) is 33.4. The molecule has 2 aromatic heterocycles. The number of nitrogens with one attached hydrogen (secondary N) is 4. The van der Waals surface area contributed by atoms with Gasteiger partial charge in [-0.15, -0.1) is 0 Å². The van der Waals surface area contributed by atoms with E-state index in [1.807, 2.05) is 29.1 Å². The molecule has 52 heavy (non-hydrogen) atoms. The zero-order valence-electron chi connectivity index (χ0n) is 30.9. The molecular formula is C40H53ClN8O3. The van der Waals surface area contributed by atoms with Crippen LogP contribution in [0.5, 0.6) is 0 Å². The van der Waals surface area contributed by atoms with E-state index in [4.69, 9.17) is 21.3 Å². The molecule has 0 unspecified atom stereocenters. The van der Waals surface area contributed by atoms with Crippen LogP contribution in [0.15, 0.2) is 48.7 Å². The van der Waals surface area contributed by atoms with Gasteiger partial charge >= 0.3 is 0 Å². The van der Waals surface area contributed by atoms with Crippen LogP contribution in [-0.2, 0) is 46.9 Å². The molecule has 2 fully saturated rings. The number of ether oxygens (including phenoxy) is 1. The quantitative estimate of drug-likeness (QED) is 0.128. The van der Waals surface area contributed by atoms with Crippen molar-refractivity contribution in [2.45, 2.75) is 104 Å². The van der Waals surface area contributed by atoms with Gasteiger partial charge in [-0.1, -0.05) is 42.8 Å². The van der Waals surface area contributed by atoms with Crippen molar-refractivity contribution < 1.29 is 14.3 Å². The zero-order valence-corrected chi connectivity index (χ0v) is 31.7. The number of hydrogen-bond donors (Lipinski definition) is 4. The van der Waals surface area contributed by atoms with Crippen LogP contribution in [0, 0.1) is 0 Å². The SMILES string of the molecule is CCc1nc2c(cnn2CC)c(NC2CCOCC2)c1CNC(=O)CCC(=O)NCc1ccc(Cl)c(-c2cccc(CN3C[C@@H](C)N[C@@H](C)C3)c2)c1. The number of piperazine rings is 1. The minimum Gasteiger partial charge on any atom is -0.381 e. The molecule has 4 N–H and O–H groups in total. The van der Waals surface area contributed by atoms with Crippen molar-refractivity contribution in [2.24, 2.45) is 0 Å². The highest BCUT2D eigenvalue weighted by Crippen LogP contribution is 2.32. The molecule has 4 aromatic rings. The predicted molar refractivity (Wildman–Crippen MR) is 207 cm³/mol. The Morgan fingerprint density at radius 1 is 0.962 bits per heavy atom. The third-order valence-electron chi connectivity index (χ3n) is 10.0. The average molecular weight is 729 g/mol. The summed E-state index contributed by atoms with van der Waals surface area (Å²) in [7, 11) is 0. The second kappa shape index (κ2) is 17.7. The van der Waals surface area contributed by atoms with E-state index in [-0.39, 0.29) is 30.7 Å². The van der Waals surface area contributed by atoms with Crippen LogP contribution in [0.4, 0.5) is 5.69 Å². The van der Waals surface area contributed by atoms with Crippen LogP contribution in [-0.4, -0.2) is 75.9 Å². The molecule has 6 rings (SSSR count). The van der Waals surface area contributed by atoms with Crippen molar-refractivity contribution in [1.82, 2.24) is 35.6 Å². The molecule has 0 radical (unpaired) electrons. The van der Waals surface area contributed by atoms with Gasteiger partial charge < -0.3 is 26.0 Å². The van der Waals surface area contributed by atoms with Crippen molar-refractivity contribution in [2.75, 3.05) is 31.6 Å². The normalized spacial score (nSPS) is 18.4. The van der Waals surface area contributed by atoms with E-state index in [9.17, 15) is 9.59 Å². The number of anilines is 1. The first-order valence-corrected chi connectivity index (χ1v) is 19.2. The fourth-order valence-corrected chi connectivity index (χ4v) is 7.69. The summed E-state index contributed by atoms with van der Waals surface area (Å²) in [5, 5.41) is 19.6. The van der Waals surface area contributed by atoms with Crippen LogP contribution in [0.1, 0.15) is 75.8 Å². The van der Waals surface area contributed by atoms with Crippen molar-refractivity contribution in [3.05, 3.63) is 76.1 Å². The summed E-state index contributed by atoms with van der Waals surface area (Å²) in [6.45, 7) is 14.3. The van der Waals surface area contributed by atoms with Gasteiger partial charge in [-0.25, -0.2) is 9.67 Å². The third-order valence-corrected chi connectivity index (χ3v) is 10.3. The van der Waals surface area contributed by atoms with Gasteiger partial charge in [0.25, 0.3) is 0 Å². The van der Waals surface area contributed by atoms with Gasteiger partial charge in [-0.3, -0.25) is 14.5 Å². The number of aryl methyl sites for hydroxylation is 2. The Bertz CT molecular complexity index is 1850. The van der Waals surface area contributed by atoms with E-state index in [0.29, 0.717) is 36.6 Å². The first kappa shape index (κ1) is 37.7. The Morgan fingerprint density at radius 2 is 1.69 bits per heavy atom. The van der Waals surface area contributed by atoms with Crippen LogP contribution >= 0.6 is 11.6 Å². The number of carbonyl (C=O) groups excluding carboxylic acids is 2. The number of rotatable bonds is 14. The van der Waals surface area contributed by atoms with Crippen molar-refractivity contribution in [3.8, 4) is 11.1 Å². The molecule has 2 aliphatic rings. The average Bonchev–Trinajstić information content (AvgIpc) is 3.56. The van der Waals surface area contributed by atoms with E-state index in [1.54, 1.807) is 0 Å². The molecular weight excluding hydrogens is 676 g/mol. The number of carbonyl (C=O) groups is 2. The molecule has 2 aromatic carbocycles. The van der Waals surface area contributed by atoms with Crippen LogP contribution in [0.3, 0.4) is 0 Å². The Labute approximate surface area is 312 Å².